The summed E-state index contributed by atoms with van der Waals surface area (Å²) in [7, 11) is 0. The van der Waals surface area contributed by atoms with Gasteiger partial charge < -0.3 is 10.2 Å². The largest absolute Gasteiger partial charge is 0.350 e. The number of benzene rings is 1. The molecule has 0 aliphatic heterocycles. The van der Waals surface area contributed by atoms with Crippen molar-refractivity contribution in [2.75, 3.05) is 0 Å². The smallest absolute Gasteiger partial charge is 0.243 e. The quantitative estimate of drug-likeness (QED) is 0.858. The Bertz CT molecular complexity index is 552. The third kappa shape index (κ3) is 5.87. The summed E-state index contributed by atoms with van der Waals surface area (Å²) >= 11 is 6.21. The van der Waals surface area contributed by atoms with Gasteiger partial charge in [-0.05, 0) is 38.8 Å². The van der Waals surface area contributed by atoms with Crippen molar-refractivity contribution in [3.8, 4) is 0 Å². The SMILES string of the molecule is CCC(=O)N(Cc1ccccc1Cl)[C@H](CC)C(=O)NC(C)(C)C. The Balaban J connectivity index is 3.06. The maximum atomic E-state index is 12.6. The molecular formula is C18H27ClN2O2. The van der Waals surface area contributed by atoms with Crippen LogP contribution in [0, 0.1) is 0 Å². The molecular weight excluding hydrogens is 312 g/mol. The number of carbonyl (C=O) groups is 2. The standard InChI is InChI=1S/C18H27ClN2O2/c1-6-15(17(23)20-18(3,4)5)21(16(22)7-2)12-13-10-8-9-11-14(13)19/h8-11,15H,6-7,12H2,1-5H3,(H,20,23)/t15-/m1/s1. The van der Waals surface area contributed by atoms with E-state index >= 15 is 0 Å². The number of hydrogen-bond donors (Lipinski definition) is 1. The fourth-order valence-corrected chi connectivity index (χ4v) is 2.58. The Kier molecular flexibility index (Phi) is 7.07. The van der Waals surface area contributed by atoms with E-state index in [9.17, 15) is 9.59 Å². The van der Waals surface area contributed by atoms with Crippen molar-refractivity contribution in [3.05, 3.63) is 34.9 Å². The number of rotatable bonds is 6. The molecule has 0 bridgehead atoms. The molecule has 0 aliphatic rings. The zero-order valence-corrected chi connectivity index (χ0v) is 15.4. The van der Waals surface area contributed by atoms with Crippen LogP contribution in [0.3, 0.4) is 0 Å². The first kappa shape index (κ1) is 19.5. The van der Waals surface area contributed by atoms with Crippen molar-refractivity contribution in [2.45, 2.75) is 65.6 Å². The monoisotopic (exact) mass is 338 g/mol. The van der Waals surface area contributed by atoms with Crippen molar-refractivity contribution in [3.63, 3.8) is 0 Å². The van der Waals surface area contributed by atoms with Crippen molar-refractivity contribution in [1.82, 2.24) is 10.2 Å². The molecule has 0 heterocycles. The van der Waals surface area contributed by atoms with E-state index in [1.807, 2.05) is 45.9 Å². The van der Waals surface area contributed by atoms with E-state index in [1.165, 1.54) is 0 Å². The van der Waals surface area contributed by atoms with Gasteiger partial charge in [0.05, 0.1) is 0 Å². The van der Waals surface area contributed by atoms with E-state index in [1.54, 1.807) is 17.9 Å². The third-order valence-corrected chi connectivity index (χ3v) is 3.85. The van der Waals surface area contributed by atoms with Gasteiger partial charge in [-0.3, -0.25) is 9.59 Å². The molecule has 128 valence electrons. The van der Waals surface area contributed by atoms with Crippen LogP contribution in [0.5, 0.6) is 0 Å². The van der Waals surface area contributed by atoms with Crippen LogP contribution in [-0.4, -0.2) is 28.3 Å². The Labute approximate surface area is 144 Å². The highest BCUT2D eigenvalue weighted by Crippen LogP contribution is 2.20. The molecule has 0 unspecified atom stereocenters. The molecule has 2 amide bonds. The van der Waals surface area contributed by atoms with E-state index in [4.69, 9.17) is 11.6 Å². The van der Waals surface area contributed by atoms with E-state index in [2.05, 4.69) is 5.32 Å². The molecule has 1 atom stereocenters. The molecule has 23 heavy (non-hydrogen) atoms. The second-order valence-corrected chi connectivity index (χ2v) is 7.04. The first-order valence-corrected chi connectivity index (χ1v) is 8.42. The van der Waals surface area contributed by atoms with Gasteiger partial charge in [0.25, 0.3) is 0 Å². The molecule has 0 aliphatic carbocycles. The summed E-state index contributed by atoms with van der Waals surface area (Å²) in [5.41, 5.74) is 0.508. The third-order valence-electron chi connectivity index (χ3n) is 3.49. The van der Waals surface area contributed by atoms with Gasteiger partial charge in [0.2, 0.25) is 11.8 Å². The molecule has 5 heteroatoms. The molecule has 4 nitrogen and oxygen atoms in total. The summed E-state index contributed by atoms with van der Waals surface area (Å²) in [4.78, 5) is 26.6. The highest BCUT2D eigenvalue weighted by atomic mass is 35.5. The number of hydrogen-bond acceptors (Lipinski definition) is 2. The summed E-state index contributed by atoms with van der Waals surface area (Å²) in [5.74, 6) is -0.185. The first-order chi connectivity index (χ1) is 10.7. The fraction of sp³-hybridized carbons (Fsp3) is 0.556. The average Bonchev–Trinajstić information content (AvgIpc) is 2.46. The molecule has 0 aromatic heterocycles. The lowest BCUT2D eigenvalue weighted by Crippen LogP contribution is -2.53. The zero-order chi connectivity index (χ0) is 17.6. The number of nitrogens with one attached hydrogen (secondary N) is 1. The highest BCUT2D eigenvalue weighted by molar-refractivity contribution is 6.31. The van der Waals surface area contributed by atoms with E-state index in [0.717, 1.165) is 5.56 Å². The van der Waals surface area contributed by atoms with Gasteiger partial charge in [0.1, 0.15) is 6.04 Å². The van der Waals surface area contributed by atoms with Gasteiger partial charge in [-0.2, -0.15) is 0 Å². The molecule has 0 saturated carbocycles. The van der Waals surface area contributed by atoms with E-state index < -0.39 is 6.04 Å². The Hall–Kier alpha value is -1.55. The molecule has 1 aromatic rings. The summed E-state index contributed by atoms with van der Waals surface area (Å²) in [5, 5.41) is 3.57. The van der Waals surface area contributed by atoms with E-state index in [0.29, 0.717) is 24.4 Å². The van der Waals surface area contributed by atoms with Crippen LogP contribution >= 0.6 is 11.6 Å². The lowest BCUT2D eigenvalue weighted by molar-refractivity contribution is -0.141. The van der Waals surface area contributed by atoms with Gasteiger partial charge in [0.15, 0.2) is 0 Å². The lowest BCUT2D eigenvalue weighted by atomic mass is 10.1. The van der Waals surface area contributed by atoms with Gasteiger partial charge in [-0.15, -0.1) is 0 Å². The Morgan fingerprint density at radius 2 is 1.83 bits per heavy atom. The van der Waals surface area contributed by atoms with Gasteiger partial charge in [-0.1, -0.05) is 43.6 Å². The van der Waals surface area contributed by atoms with Crippen molar-refractivity contribution < 1.29 is 9.59 Å². The Morgan fingerprint density at radius 3 is 2.30 bits per heavy atom. The normalized spacial score (nSPS) is 12.6. The molecule has 0 fully saturated rings. The predicted molar refractivity (Wildman–Crippen MR) is 94.3 cm³/mol. The second kappa shape index (κ2) is 8.34. The first-order valence-electron chi connectivity index (χ1n) is 8.04. The summed E-state index contributed by atoms with van der Waals surface area (Å²) in [6, 6.07) is 6.90. The molecule has 1 N–H and O–H groups in total. The number of nitrogens with zero attached hydrogens (tertiary/aromatic N) is 1. The number of halogens is 1. The molecule has 0 spiro atoms. The number of amides is 2. The van der Waals surface area contributed by atoms with Crippen LogP contribution in [0.1, 0.15) is 53.0 Å². The molecule has 0 radical (unpaired) electrons. The summed E-state index contributed by atoms with van der Waals surface area (Å²) in [6.45, 7) is 9.83. The lowest BCUT2D eigenvalue weighted by Gasteiger charge is -2.33. The minimum Gasteiger partial charge on any atom is -0.350 e. The topological polar surface area (TPSA) is 49.4 Å². The van der Waals surface area contributed by atoms with Crippen LogP contribution in [0.15, 0.2) is 24.3 Å². The van der Waals surface area contributed by atoms with E-state index in [-0.39, 0.29) is 17.4 Å². The molecule has 1 rings (SSSR count). The van der Waals surface area contributed by atoms with Gasteiger partial charge in [-0.25, -0.2) is 0 Å². The van der Waals surface area contributed by atoms with Crippen molar-refractivity contribution in [2.24, 2.45) is 0 Å². The average molecular weight is 339 g/mol. The molecule has 0 saturated heterocycles. The minimum atomic E-state index is -0.502. The minimum absolute atomic E-state index is 0.0548. The van der Waals surface area contributed by atoms with Crippen LogP contribution in [0.4, 0.5) is 0 Å². The number of carbonyl (C=O) groups excluding carboxylic acids is 2. The predicted octanol–water partition coefficient (Wildman–Crippen LogP) is 3.77. The summed E-state index contributed by atoms with van der Waals surface area (Å²) < 4.78 is 0. The van der Waals surface area contributed by atoms with Crippen LogP contribution in [-0.2, 0) is 16.1 Å². The maximum Gasteiger partial charge on any atom is 0.243 e. The van der Waals surface area contributed by atoms with Crippen molar-refractivity contribution >= 4 is 23.4 Å². The summed E-state index contributed by atoms with van der Waals surface area (Å²) in [6.07, 6.45) is 0.905. The zero-order valence-electron chi connectivity index (χ0n) is 14.6. The van der Waals surface area contributed by atoms with Crippen LogP contribution < -0.4 is 5.32 Å². The highest BCUT2D eigenvalue weighted by Gasteiger charge is 2.30. The second-order valence-electron chi connectivity index (χ2n) is 6.63. The van der Waals surface area contributed by atoms with Crippen molar-refractivity contribution in [1.29, 1.82) is 0 Å². The molecule has 1 aromatic carbocycles. The fourth-order valence-electron chi connectivity index (χ4n) is 2.39. The van der Waals surface area contributed by atoms with Gasteiger partial charge in [0, 0.05) is 23.5 Å². The maximum absolute atomic E-state index is 12.6. The van der Waals surface area contributed by atoms with Crippen LogP contribution in [0.25, 0.3) is 0 Å². The Morgan fingerprint density at radius 1 is 1.22 bits per heavy atom. The van der Waals surface area contributed by atoms with Crippen LogP contribution in [0.2, 0.25) is 5.02 Å². The van der Waals surface area contributed by atoms with Gasteiger partial charge >= 0.3 is 0 Å².